The number of ether oxygens (including phenoxy) is 1. The first-order chi connectivity index (χ1) is 9.51. The maximum Gasteiger partial charge on any atom is 0.407 e. The molecule has 1 fully saturated rings. The Bertz CT molecular complexity index is 493. The van der Waals surface area contributed by atoms with Gasteiger partial charge in [-0.05, 0) is 31.0 Å². The number of nitrogens with two attached hydrogens (primary N) is 1. The fourth-order valence-corrected chi connectivity index (χ4v) is 2.39. The number of rotatable bonds is 3. The zero-order valence-electron chi connectivity index (χ0n) is 11.7. The van der Waals surface area contributed by atoms with Gasteiger partial charge in [-0.15, -0.1) is 0 Å². The summed E-state index contributed by atoms with van der Waals surface area (Å²) in [4.78, 5) is 13.1. The molecule has 0 spiro atoms. The summed E-state index contributed by atoms with van der Waals surface area (Å²) in [7, 11) is 1.33. The summed E-state index contributed by atoms with van der Waals surface area (Å²) in [6.45, 7) is 3.09. The number of amides is 1. The first-order valence-corrected chi connectivity index (χ1v) is 6.65. The Morgan fingerprint density at radius 1 is 1.60 bits per heavy atom. The topological polar surface area (TPSA) is 67.6 Å². The van der Waals surface area contributed by atoms with Crippen molar-refractivity contribution < 1.29 is 13.9 Å². The highest BCUT2D eigenvalue weighted by Gasteiger charge is 2.26. The van der Waals surface area contributed by atoms with Gasteiger partial charge in [-0.2, -0.15) is 0 Å². The quantitative estimate of drug-likeness (QED) is 0.886. The van der Waals surface area contributed by atoms with E-state index in [4.69, 9.17) is 5.73 Å². The van der Waals surface area contributed by atoms with Gasteiger partial charge < -0.3 is 20.7 Å². The number of hydrogen-bond donors (Lipinski definition) is 2. The smallest absolute Gasteiger partial charge is 0.407 e. The molecule has 2 atom stereocenters. The van der Waals surface area contributed by atoms with Crippen LogP contribution in [0.25, 0.3) is 0 Å². The molecule has 0 aliphatic carbocycles. The SMILES string of the molecule is COC(=O)NC1CCN(c2ccc(C(C)N)cc2F)C1. The molecule has 1 heterocycles. The van der Waals surface area contributed by atoms with E-state index >= 15 is 0 Å². The molecule has 0 bridgehead atoms. The molecule has 1 amide bonds. The Hall–Kier alpha value is -1.82. The molecule has 0 saturated carbocycles. The van der Waals surface area contributed by atoms with Gasteiger partial charge in [0.15, 0.2) is 0 Å². The summed E-state index contributed by atoms with van der Waals surface area (Å²) < 4.78 is 18.7. The monoisotopic (exact) mass is 281 g/mol. The minimum Gasteiger partial charge on any atom is -0.453 e. The summed E-state index contributed by atoms with van der Waals surface area (Å²) >= 11 is 0. The molecule has 1 aliphatic heterocycles. The number of methoxy groups -OCH3 is 1. The molecule has 2 unspecified atom stereocenters. The predicted molar refractivity (Wildman–Crippen MR) is 75.2 cm³/mol. The highest BCUT2D eigenvalue weighted by molar-refractivity contribution is 5.67. The van der Waals surface area contributed by atoms with Crippen LogP contribution in [0.5, 0.6) is 0 Å². The van der Waals surface area contributed by atoms with Crippen LogP contribution in [0, 0.1) is 5.82 Å². The summed E-state index contributed by atoms with van der Waals surface area (Å²) in [5.74, 6) is -0.279. The molecule has 1 aromatic rings. The van der Waals surface area contributed by atoms with E-state index < -0.39 is 6.09 Å². The molecule has 1 aromatic carbocycles. The Labute approximate surface area is 117 Å². The maximum atomic E-state index is 14.1. The largest absolute Gasteiger partial charge is 0.453 e. The van der Waals surface area contributed by atoms with Gasteiger partial charge in [-0.1, -0.05) is 6.07 Å². The van der Waals surface area contributed by atoms with E-state index in [1.807, 2.05) is 17.9 Å². The lowest BCUT2D eigenvalue weighted by Crippen LogP contribution is -2.37. The molecule has 1 saturated heterocycles. The van der Waals surface area contributed by atoms with Crippen LogP contribution in [-0.2, 0) is 4.74 Å². The Morgan fingerprint density at radius 2 is 2.35 bits per heavy atom. The third-order valence-electron chi connectivity index (χ3n) is 3.53. The lowest BCUT2D eigenvalue weighted by atomic mass is 10.1. The number of alkyl carbamates (subject to hydrolysis) is 1. The highest BCUT2D eigenvalue weighted by Crippen LogP contribution is 2.26. The summed E-state index contributed by atoms with van der Waals surface area (Å²) in [6.07, 6.45) is 0.313. The van der Waals surface area contributed by atoms with Gasteiger partial charge in [0, 0.05) is 19.1 Å². The first-order valence-electron chi connectivity index (χ1n) is 6.65. The second-order valence-corrected chi connectivity index (χ2v) is 5.07. The third-order valence-corrected chi connectivity index (χ3v) is 3.53. The Balaban J connectivity index is 2.04. The van der Waals surface area contributed by atoms with Crippen LogP contribution >= 0.6 is 0 Å². The van der Waals surface area contributed by atoms with Crippen LogP contribution in [-0.4, -0.2) is 32.3 Å². The van der Waals surface area contributed by atoms with Gasteiger partial charge >= 0.3 is 6.09 Å². The predicted octanol–water partition coefficient (Wildman–Crippen LogP) is 1.78. The molecule has 2 rings (SSSR count). The summed E-state index contributed by atoms with van der Waals surface area (Å²) in [5.41, 5.74) is 7.05. The molecule has 1 aliphatic rings. The van der Waals surface area contributed by atoms with Crippen molar-refractivity contribution in [2.75, 3.05) is 25.1 Å². The number of carbonyl (C=O) groups is 1. The van der Waals surface area contributed by atoms with Crippen LogP contribution in [0.15, 0.2) is 18.2 Å². The number of hydrogen-bond acceptors (Lipinski definition) is 4. The molecular weight excluding hydrogens is 261 g/mol. The van der Waals surface area contributed by atoms with E-state index in [0.717, 1.165) is 12.0 Å². The normalized spacial score (nSPS) is 19.8. The van der Waals surface area contributed by atoms with Crippen molar-refractivity contribution in [3.63, 3.8) is 0 Å². The minimum absolute atomic E-state index is 0.0186. The lowest BCUT2D eigenvalue weighted by molar-refractivity contribution is 0.167. The van der Waals surface area contributed by atoms with Crippen molar-refractivity contribution in [3.8, 4) is 0 Å². The van der Waals surface area contributed by atoms with E-state index in [2.05, 4.69) is 10.1 Å². The fraction of sp³-hybridized carbons (Fsp3) is 0.500. The van der Waals surface area contributed by atoms with E-state index in [-0.39, 0.29) is 17.9 Å². The van der Waals surface area contributed by atoms with E-state index in [0.29, 0.717) is 18.8 Å². The fourth-order valence-electron chi connectivity index (χ4n) is 2.39. The standard InChI is InChI=1S/C14H20FN3O2/c1-9(16)10-3-4-13(12(15)7-10)18-6-5-11(8-18)17-14(19)20-2/h3-4,7,9,11H,5-6,8,16H2,1-2H3,(H,17,19). The lowest BCUT2D eigenvalue weighted by Gasteiger charge is -2.20. The summed E-state index contributed by atoms with van der Waals surface area (Å²) in [5, 5.41) is 2.73. The molecule has 0 radical (unpaired) electrons. The van der Waals surface area contributed by atoms with Gasteiger partial charge in [0.05, 0.1) is 18.8 Å². The molecule has 0 aromatic heterocycles. The molecule has 20 heavy (non-hydrogen) atoms. The van der Waals surface area contributed by atoms with Gasteiger partial charge in [-0.25, -0.2) is 9.18 Å². The van der Waals surface area contributed by atoms with Gasteiger partial charge in [0.25, 0.3) is 0 Å². The van der Waals surface area contributed by atoms with Crippen LogP contribution in [0.1, 0.15) is 24.9 Å². The van der Waals surface area contributed by atoms with Gasteiger partial charge in [0.1, 0.15) is 5.82 Å². The molecule has 3 N–H and O–H groups in total. The van der Waals surface area contributed by atoms with Crippen molar-refractivity contribution in [1.29, 1.82) is 0 Å². The van der Waals surface area contributed by atoms with E-state index in [1.54, 1.807) is 6.07 Å². The third kappa shape index (κ3) is 3.19. The molecule has 6 heteroatoms. The zero-order valence-corrected chi connectivity index (χ0v) is 11.7. The highest BCUT2D eigenvalue weighted by atomic mass is 19.1. The van der Waals surface area contributed by atoms with Gasteiger partial charge in [0.2, 0.25) is 0 Å². The first kappa shape index (κ1) is 14.6. The second-order valence-electron chi connectivity index (χ2n) is 5.07. The number of nitrogens with one attached hydrogen (secondary N) is 1. The molecule has 5 nitrogen and oxygen atoms in total. The van der Waals surface area contributed by atoms with Gasteiger partial charge in [-0.3, -0.25) is 0 Å². The Kier molecular flexibility index (Phi) is 4.44. The van der Waals surface area contributed by atoms with Crippen molar-refractivity contribution in [2.24, 2.45) is 5.73 Å². The van der Waals surface area contributed by atoms with Crippen LogP contribution < -0.4 is 16.0 Å². The summed E-state index contributed by atoms with van der Waals surface area (Å²) in [6, 6.07) is 4.85. The van der Waals surface area contributed by atoms with E-state index in [1.165, 1.54) is 13.2 Å². The zero-order chi connectivity index (χ0) is 14.7. The second kappa shape index (κ2) is 6.09. The van der Waals surface area contributed by atoms with Crippen LogP contribution in [0.3, 0.4) is 0 Å². The van der Waals surface area contributed by atoms with E-state index in [9.17, 15) is 9.18 Å². The van der Waals surface area contributed by atoms with Crippen molar-refractivity contribution in [1.82, 2.24) is 5.32 Å². The van der Waals surface area contributed by atoms with Crippen LogP contribution in [0.2, 0.25) is 0 Å². The molecular formula is C14H20FN3O2. The number of benzene rings is 1. The molecule has 110 valence electrons. The average molecular weight is 281 g/mol. The number of halogens is 1. The van der Waals surface area contributed by atoms with Crippen LogP contribution in [0.4, 0.5) is 14.9 Å². The Morgan fingerprint density at radius 3 is 2.95 bits per heavy atom. The minimum atomic E-state index is -0.454. The van der Waals surface area contributed by atoms with Crippen molar-refractivity contribution in [2.45, 2.75) is 25.4 Å². The maximum absolute atomic E-state index is 14.1. The number of carbonyl (C=O) groups excluding carboxylic acids is 1. The number of nitrogens with zero attached hydrogens (tertiary/aromatic N) is 1. The van der Waals surface area contributed by atoms with Crippen molar-refractivity contribution >= 4 is 11.8 Å². The number of anilines is 1. The average Bonchev–Trinajstić information content (AvgIpc) is 2.86. The van der Waals surface area contributed by atoms with Crippen molar-refractivity contribution in [3.05, 3.63) is 29.6 Å².